The first kappa shape index (κ1) is 15.5. The van der Waals surface area contributed by atoms with Crippen LogP contribution in [0.1, 0.15) is 72.1 Å². The molecule has 0 spiro atoms. The van der Waals surface area contributed by atoms with Gasteiger partial charge in [0.15, 0.2) is 0 Å². The Morgan fingerprint density at radius 2 is 1.56 bits per heavy atom. The minimum atomic E-state index is -0.646. The Bertz CT molecular complexity index is 178. The predicted molar refractivity (Wildman–Crippen MR) is 68.6 cm³/mol. The lowest BCUT2D eigenvalue weighted by Crippen LogP contribution is -2.08. The van der Waals surface area contributed by atoms with Crippen LogP contribution in [0.15, 0.2) is 0 Å². The van der Waals surface area contributed by atoms with Gasteiger partial charge in [0.25, 0.3) is 0 Å². The van der Waals surface area contributed by atoms with E-state index in [1.165, 1.54) is 32.1 Å². The van der Waals surface area contributed by atoms with Gasteiger partial charge in [0.1, 0.15) is 0 Å². The zero-order valence-electron chi connectivity index (χ0n) is 11.2. The van der Waals surface area contributed by atoms with Crippen LogP contribution in [0.3, 0.4) is 0 Å². The molecular formula is C14H28O2. The van der Waals surface area contributed by atoms with Gasteiger partial charge in [0, 0.05) is 6.42 Å². The zero-order valence-corrected chi connectivity index (χ0v) is 11.2. The van der Waals surface area contributed by atoms with Gasteiger partial charge in [-0.3, -0.25) is 4.79 Å². The summed E-state index contributed by atoms with van der Waals surface area (Å²) in [4.78, 5) is 10.6. The standard InChI is InChI=1S/C14H28O2/c1-4-8-12(5-2)9-7-10-13(6-3)11-14(15)16/h12-13H,4-11H2,1-3H3,(H,15,16). The van der Waals surface area contributed by atoms with Crippen LogP contribution in [0.2, 0.25) is 0 Å². The molecule has 0 rings (SSSR count). The third kappa shape index (κ3) is 7.72. The molecule has 2 nitrogen and oxygen atoms in total. The summed E-state index contributed by atoms with van der Waals surface area (Å²) < 4.78 is 0. The molecule has 0 radical (unpaired) electrons. The average Bonchev–Trinajstić information content (AvgIpc) is 2.25. The van der Waals surface area contributed by atoms with E-state index in [1.54, 1.807) is 0 Å². The number of hydrogen-bond acceptors (Lipinski definition) is 1. The molecule has 96 valence electrons. The van der Waals surface area contributed by atoms with Gasteiger partial charge in [0.2, 0.25) is 0 Å². The number of hydrogen-bond donors (Lipinski definition) is 1. The van der Waals surface area contributed by atoms with E-state index in [4.69, 9.17) is 5.11 Å². The fraction of sp³-hybridized carbons (Fsp3) is 0.929. The molecule has 0 amide bonds. The van der Waals surface area contributed by atoms with Crippen molar-refractivity contribution in [2.45, 2.75) is 72.1 Å². The van der Waals surface area contributed by atoms with Crippen LogP contribution in [0.4, 0.5) is 0 Å². The maximum atomic E-state index is 10.6. The first-order valence-corrected chi connectivity index (χ1v) is 6.85. The lowest BCUT2D eigenvalue weighted by molar-refractivity contribution is -0.138. The van der Waals surface area contributed by atoms with Crippen LogP contribution in [-0.4, -0.2) is 11.1 Å². The first-order chi connectivity index (χ1) is 7.63. The highest BCUT2D eigenvalue weighted by Crippen LogP contribution is 2.22. The van der Waals surface area contributed by atoms with Gasteiger partial charge in [0.05, 0.1) is 0 Å². The second kappa shape index (κ2) is 9.68. The summed E-state index contributed by atoms with van der Waals surface area (Å²) in [5.74, 6) is 0.594. The molecule has 0 saturated heterocycles. The van der Waals surface area contributed by atoms with Crippen molar-refractivity contribution in [3.63, 3.8) is 0 Å². The first-order valence-electron chi connectivity index (χ1n) is 6.85. The van der Waals surface area contributed by atoms with Crippen molar-refractivity contribution in [2.24, 2.45) is 11.8 Å². The predicted octanol–water partition coefficient (Wildman–Crippen LogP) is 4.48. The highest BCUT2D eigenvalue weighted by Gasteiger charge is 2.12. The highest BCUT2D eigenvalue weighted by atomic mass is 16.4. The van der Waals surface area contributed by atoms with E-state index in [-0.39, 0.29) is 0 Å². The van der Waals surface area contributed by atoms with E-state index < -0.39 is 5.97 Å². The third-order valence-electron chi connectivity index (χ3n) is 3.54. The number of carbonyl (C=O) groups is 1. The molecule has 0 bridgehead atoms. The number of aliphatic carboxylic acids is 1. The maximum Gasteiger partial charge on any atom is 0.303 e. The lowest BCUT2D eigenvalue weighted by Gasteiger charge is -2.16. The molecule has 0 saturated carbocycles. The van der Waals surface area contributed by atoms with Gasteiger partial charge in [-0.15, -0.1) is 0 Å². The van der Waals surface area contributed by atoms with Crippen LogP contribution < -0.4 is 0 Å². The lowest BCUT2D eigenvalue weighted by atomic mass is 9.90. The SMILES string of the molecule is CCCC(CC)CCCC(CC)CC(=O)O. The van der Waals surface area contributed by atoms with Gasteiger partial charge in [-0.05, 0) is 18.3 Å². The van der Waals surface area contributed by atoms with Crippen molar-refractivity contribution >= 4 is 5.97 Å². The maximum absolute atomic E-state index is 10.6. The van der Waals surface area contributed by atoms with Gasteiger partial charge < -0.3 is 5.11 Å². The molecule has 0 aliphatic rings. The molecule has 0 aromatic carbocycles. The summed E-state index contributed by atoms with van der Waals surface area (Å²) >= 11 is 0. The number of carboxylic acids is 1. The third-order valence-corrected chi connectivity index (χ3v) is 3.54. The van der Waals surface area contributed by atoms with E-state index in [0.29, 0.717) is 12.3 Å². The van der Waals surface area contributed by atoms with E-state index in [9.17, 15) is 4.79 Å². The Morgan fingerprint density at radius 3 is 2.00 bits per heavy atom. The summed E-state index contributed by atoms with van der Waals surface area (Å²) in [6.45, 7) is 6.59. The van der Waals surface area contributed by atoms with Gasteiger partial charge in [-0.25, -0.2) is 0 Å². The van der Waals surface area contributed by atoms with Crippen LogP contribution in [0.5, 0.6) is 0 Å². The molecule has 0 aromatic heterocycles. The largest absolute Gasteiger partial charge is 0.481 e. The molecule has 2 heteroatoms. The van der Waals surface area contributed by atoms with Crippen LogP contribution in [0.25, 0.3) is 0 Å². The monoisotopic (exact) mass is 228 g/mol. The smallest absolute Gasteiger partial charge is 0.303 e. The zero-order chi connectivity index (χ0) is 12.4. The number of rotatable bonds is 10. The van der Waals surface area contributed by atoms with Crippen molar-refractivity contribution in [2.75, 3.05) is 0 Å². The van der Waals surface area contributed by atoms with E-state index in [2.05, 4.69) is 20.8 Å². The van der Waals surface area contributed by atoms with Crippen molar-refractivity contribution in [3.05, 3.63) is 0 Å². The normalized spacial score (nSPS) is 14.7. The van der Waals surface area contributed by atoms with Gasteiger partial charge >= 0.3 is 5.97 Å². The topological polar surface area (TPSA) is 37.3 Å². The quantitative estimate of drug-likeness (QED) is 0.598. The van der Waals surface area contributed by atoms with Crippen LogP contribution >= 0.6 is 0 Å². The fourth-order valence-corrected chi connectivity index (χ4v) is 2.35. The molecule has 0 aliphatic carbocycles. The van der Waals surface area contributed by atoms with Crippen LogP contribution in [0, 0.1) is 11.8 Å². The number of carboxylic acid groups (broad SMARTS) is 1. The summed E-state index contributed by atoms with van der Waals surface area (Å²) in [6.07, 6.45) is 8.77. The second-order valence-corrected chi connectivity index (χ2v) is 4.87. The Kier molecular flexibility index (Phi) is 9.36. The Labute approximate surface area is 100 Å². The van der Waals surface area contributed by atoms with Crippen molar-refractivity contribution in [3.8, 4) is 0 Å². The second-order valence-electron chi connectivity index (χ2n) is 4.87. The Balaban J connectivity index is 3.71. The molecular weight excluding hydrogens is 200 g/mol. The minimum absolute atomic E-state index is 0.348. The van der Waals surface area contributed by atoms with E-state index in [0.717, 1.165) is 18.8 Å². The van der Waals surface area contributed by atoms with Gasteiger partial charge in [-0.2, -0.15) is 0 Å². The molecule has 1 N–H and O–H groups in total. The molecule has 0 aliphatic heterocycles. The van der Waals surface area contributed by atoms with Crippen molar-refractivity contribution in [1.82, 2.24) is 0 Å². The fourth-order valence-electron chi connectivity index (χ4n) is 2.35. The summed E-state index contributed by atoms with van der Waals surface area (Å²) in [7, 11) is 0. The highest BCUT2D eigenvalue weighted by molar-refractivity contribution is 5.66. The molecule has 0 heterocycles. The molecule has 2 atom stereocenters. The van der Waals surface area contributed by atoms with E-state index in [1.807, 2.05) is 0 Å². The molecule has 2 unspecified atom stereocenters. The summed E-state index contributed by atoms with van der Waals surface area (Å²) in [5.41, 5.74) is 0. The van der Waals surface area contributed by atoms with Crippen LogP contribution in [-0.2, 0) is 4.79 Å². The average molecular weight is 228 g/mol. The molecule has 0 fully saturated rings. The Morgan fingerprint density at radius 1 is 1.00 bits per heavy atom. The van der Waals surface area contributed by atoms with Gasteiger partial charge in [-0.1, -0.05) is 59.3 Å². The summed E-state index contributed by atoms with van der Waals surface area (Å²) in [6, 6.07) is 0. The van der Waals surface area contributed by atoms with Crippen molar-refractivity contribution < 1.29 is 9.90 Å². The minimum Gasteiger partial charge on any atom is -0.481 e. The summed E-state index contributed by atoms with van der Waals surface area (Å²) in [5, 5.41) is 8.75. The Hall–Kier alpha value is -0.530. The molecule has 0 aromatic rings. The molecule has 16 heavy (non-hydrogen) atoms. The van der Waals surface area contributed by atoms with Crippen molar-refractivity contribution in [1.29, 1.82) is 0 Å². The van der Waals surface area contributed by atoms with E-state index >= 15 is 0 Å².